The number of furan rings is 1. The van der Waals surface area contributed by atoms with Crippen LogP contribution in [0.4, 0.5) is 0 Å². The Labute approximate surface area is 229 Å². The predicted octanol–water partition coefficient (Wildman–Crippen LogP) is 6.51. The summed E-state index contributed by atoms with van der Waals surface area (Å²) in [6.45, 7) is 0. The number of nitrogens with one attached hydrogen (secondary N) is 1. The number of halogens is 1. The minimum Gasteiger partial charge on any atom is -0.465 e. The van der Waals surface area contributed by atoms with E-state index in [0.717, 1.165) is 4.47 Å². The number of hydrogen-bond donors (Lipinski definition) is 1. The van der Waals surface area contributed by atoms with Crippen LogP contribution < -0.4 is 10.2 Å². The van der Waals surface area contributed by atoms with Gasteiger partial charge in [0.15, 0.2) is 0 Å². The Kier molecular flexibility index (Phi) is 7.65. The van der Waals surface area contributed by atoms with Gasteiger partial charge in [-0.15, -0.1) is 0 Å². The van der Waals surface area contributed by atoms with Gasteiger partial charge in [-0.05, 0) is 60.4 Å². The molecule has 4 aromatic rings. The van der Waals surface area contributed by atoms with Crippen LogP contribution >= 0.6 is 15.9 Å². The molecule has 190 valence electrons. The van der Waals surface area contributed by atoms with E-state index < -0.39 is 5.97 Å². The summed E-state index contributed by atoms with van der Waals surface area (Å²) >= 11 is 3.42. The number of rotatable bonds is 8. The fraction of sp³-hybridized carbons (Fsp3) is 0.129. The molecule has 38 heavy (non-hydrogen) atoms. The third-order valence-electron chi connectivity index (χ3n) is 6.70. The van der Waals surface area contributed by atoms with E-state index in [2.05, 4.69) is 50.7 Å². The average Bonchev–Trinajstić information content (AvgIpc) is 3.44. The first kappa shape index (κ1) is 25.4. The van der Waals surface area contributed by atoms with Crippen molar-refractivity contribution in [3.05, 3.63) is 130 Å². The van der Waals surface area contributed by atoms with E-state index in [1.165, 1.54) is 35.8 Å². The quantitative estimate of drug-likeness (QED) is 0.0863. The normalized spacial score (nSPS) is 14.9. The van der Waals surface area contributed by atoms with Gasteiger partial charge < -0.3 is 9.15 Å². The summed E-state index contributed by atoms with van der Waals surface area (Å²) in [6, 6.07) is 29.3. The van der Waals surface area contributed by atoms with Crippen LogP contribution in [0, 0.1) is 5.92 Å². The van der Waals surface area contributed by atoms with Crippen molar-refractivity contribution in [1.29, 1.82) is 0 Å². The zero-order valence-electron chi connectivity index (χ0n) is 20.4. The highest BCUT2D eigenvalue weighted by molar-refractivity contribution is 9.10. The van der Waals surface area contributed by atoms with E-state index in [9.17, 15) is 9.59 Å². The van der Waals surface area contributed by atoms with E-state index in [0.29, 0.717) is 29.9 Å². The number of benzene rings is 3. The zero-order chi connectivity index (χ0) is 26.4. The molecule has 1 amide bonds. The molecule has 1 aliphatic rings. The van der Waals surface area contributed by atoms with E-state index in [1.807, 2.05) is 36.4 Å². The van der Waals surface area contributed by atoms with E-state index in [4.69, 9.17) is 9.15 Å². The van der Waals surface area contributed by atoms with Crippen molar-refractivity contribution in [2.45, 2.75) is 18.3 Å². The van der Waals surface area contributed by atoms with Crippen molar-refractivity contribution >= 4 is 40.1 Å². The Balaban J connectivity index is 1.24. The SMILES string of the molecule is O=C(C=Cc1ccco1)Oc1ccc(Br)cc1C=NNC(=O)C1CC(c2ccccc2)(c2ccccc2)C1. The molecule has 0 spiro atoms. The van der Waals surface area contributed by atoms with Crippen molar-refractivity contribution in [3.63, 3.8) is 0 Å². The second kappa shape index (κ2) is 11.4. The van der Waals surface area contributed by atoms with Gasteiger partial charge in [-0.25, -0.2) is 10.2 Å². The third-order valence-corrected chi connectivity index (χ3v) is 7.19. The summed E-state index contributed by atoms with van der Waals surface area (Å²) in [7, 11) is 0. The Hall–Kier alpha value is -4.23. The minimum absolute atomic E-state index is 0.140. The number of hydrogen-bond acceptors (Lipinski definition) is 5. The van der Waals surface area contributed by atoms with Crippen LogP contribution in [-0.4, -0.2) is 18.1 Å². The van der Waals surface area contributed by atoms with Crippen LogP contribution in [0.3, 0.4) is 0 Å². The molecule has 0 bridgehead atoms. The third kappa shape index (κ3) is 5.68. The maximum Gasteiger partial charge on any atom is 0.336 e. The Morgan fingerprint density at radius 2 is 1.63 bits per heavy atom. The van der Waals surface area contributed by atoms with Gasteiger partial charge in [0, 0.05) is 27.4 Å². The molecular weight excluding hydrogens is 544 g/mol. The first-order valence-electron chi connectivity index (χ1n) is 12.2. The Morgan fingerprint density at radius 1 is 0.947 bits per heavy atom. The maximum atomic E-state index is 13.0. The first-order chi connectivity index (χ1) is 18.5. The standard InChI is InChI=1S/C31H25BrN2O4/c32-26-13-15-28(38-29(35)16-14-27-12-7-17-37-27)22(18-26)21-33-34-30(36)23-19-31(20-23,24-8-3-1-4-9-24)25-10-5-2-6-11-25/h1-18,21,23H,19-20H2,(H,34,36). The molecule has 0 unspecified atom stereocenters. The lowest BCUT2D eigenvalue weighted by Gasteiger charge is -2.47. The number of carbonyl (C=O) groups excluding carboxylic acids is 2. The number of esters is 1. The summed E-state index contributed by atoms with van der Waals surface area (Å²) in [5.74, 6) is -0.00860. The minimum atomic E-state index is -0.560. The summed E-state index contributed by atoms with van der Waals surface area (Å²) in [5.41, 5.74) is 5.43. The van der Waals surface area contributed by atoms with Crippen LogP contribution in [0.15, 0.2) is 117 Å². The van der Waals surface area contributed by atoms with Crippen molar-refractivity contribution in [1.82, 2.24) is 5.43 Å². The molecule has 1 fully saturated rings. The van der Waals surface area contributed by atoms with E-state index in [-0.39, 0.29) is 17.2 Å². The molecule has 1 heterocycles. The van der Waals surface area contributed by atoms with Crippen LogP contribution in [0.5, 0.6) is 5.75 Å². The lowest BCUT2D eigenvalue weighted by atomic mass is 9.55. The molecule has 7 heteroatoms. The number of carbonyl (C=O) groups is 2. The van der Waals surface area contributed by atoms with Gasteiger partial charge in [0.1, 0.15) is 11.5 Å². The van der Waals surface area contributed by atoms with Gasteiger partial charge in [0.25, 0.3) is 0 Å². The van der Waals surface area contributed by atoms with Crippen LogP contribution in [0.25, 0.3) is 6.08 Å². The fourth-order valence-electron chi connectivity index (χ4n) is 4.77. The zero-order valence-corrected chi connectivity index (χ0v) is 22.0. The molecule has 5 rings (SSSR count). The summed E-state index contributed by atoms with van der Waals surface area (Å²) in [4.78, 5) is 25.2. The van der Waals surface area contributed by atoms with E-state index in [1.54, 1.807) is 30.3 Å². The predicted molar refractivity (Wildman–Crippen MR) is 150 cm³/mol. The summed E-state index contributed by atoms with van der Waals surface area (Å²) in [5, 5.41) is 4.16. The molecule has 3 aromatic carbocycles. The van der Waals surface area contributed by atoms with Crippen molar-refractivity contribution in [3.8, 4) is 5.75 Å². The Morgan fingerprint density at radius 3 is 2.26 bits per heavy atom. The number of nitrogens with zero attached hydrogens (tertiary/aromatic N) is 1. The lowest BCUT2D eigenvalue weighted by molar-refractivity contribution is -0.130. The highest BCUT2D eigenvalue weighted by Gasteiger charge is 2.49. The molecule has 6 nitrogen and oxygen atoms in total. The van der Waals surface area contributed by atoms with Crippen LogP contribution in [0.1, 0.15) is 35.3 Å². The highest BCUT2D eigenvalue weighted by Crippen LogP contribution is 2.52. The van der Waals surface area contributed by atoms with Crippen molar-refractivity contribution in [2.24, 2.45) is 11.0 Å². The van der Waals surface area contributed by atoms with E-state index >= 15 is 0 Å². The molecule has 1 N–H and O–H groups in total. The van der Waals surface area contributed by atoms with Gasteiger partial charge in [-0.1, -0.05) is 76.6 Å². The molecule has 1 aromatic heterocycles. The van der Waals surface area contributed by atoms with Crippen LogP contribution in [-0.2, 0) is 15.0 Å². The first-order valence-corrected chi connectivity index (χ1v) is 13.0. The second-order valence-electron chi connectivity index (χ2n) is 9.11. The largest absolute Gasteiger partial charge is 0.465 e. The van der Waals surface area contributed by atoms with Gasteiger partial charge in [-0.3, -0.25) is 4.79 Å². The van der Waals surface area contributed by atoms with Gasteiger partial charge in [0.2, 0.25) is 5.91 Å². The van der Waals surface area contributed by atoms with Gasteiger partial charge in [-0.2, -0.15) is 5.10 Å². The Bertz CT molecular complexity index is 1420. The second-order valence-corrected chi connectivity index (χ2v) is 10.0. The summed E-state index contributed by atoms with van der Waals surface area (Å²) < 4.78 is 11.4. The van der Waals surface area contributed by atoms with Gasteiger partial charge >= 0.3 is 5.97 Å². The maximum absolute atomic E-state index is 13.0. The molecular formula is C31H25BrN2O4. The fourth-order valence-corrected chi connectivity index (χ4v) is 5.15. The molecule has 1 saturated carbocycles. The average molecular weight is 569 g/mol. The van der Waals surface area contributed by atoms with Crippen LogP contribution in [0.2, 0.25) is 0 Å². The molecule has 0 radical (unpaired) electrons. The van der Waals surface area contributed by atoms with Crippen molar-refractivity contribution < 1.29 is 18.7 Å². The molecule has 0 saturated heterocycles. The molecule has 1 aliphatic carbocycles. The lowest BCUT2D eigenvalue weighted by Crippen LogP contribution is -2.48. The molecule has 0 aliphatic heterocycles. The number of ether oxygens (including phenoxy) is 1. The topological polar surface area (TPSA) is 80.9 Å². The summed E-state index contributed by atoms with van der Waals surface area (Å²) in [6.07, 6.45) is 7.20. The highest BCUT2D eigenvalue weighted by atomic mass is 79.9. The smallest absolute Gasteiger partial charge is 0.336 e. The van der Waals surface area contributed by atoms with Crippen molar-refractivity contribution in [2.75, 3.05) is 0 Å². The monoisotopic (exact) mass is 568 g/mol. The number of hydrazone groups is 1. The molecule has 0 atom stereocenters. The number of amides is 1. The van der Waals surface area contributed by atoms with Gasteiger partial charge in [0.05, 0.1) is 12.5 Å².